The Labute approximate surface area is 169 Å². The molecular formula is C21H15N9. The normalized spacial score (nSPS) is 11.5. The molecule has 6 aromatic rings. The van der Waals surface area contributed by atoms with Gasteiger partial charge in [0, 0.05) is 48.5 Å². The van der Waals surface area contributed by atoms with E-state index in [-0.39, 0.29) is 0 Å². The molecule has 0 aromatic carbocycles. The first-order valence-corrected chi connectivity index (χ1v) is 9.35. The van der Waals surface area contributed by atoms with Crippen LogP contribution in [0.25, 0.3) is 56.0 Å². The Kier molecular flexibility index (Phi) is 3.48. The molecule has 6 heterocycles. The third-order valence-electron chi connectivity index (χ3n) is 5.00. The maximum absolute atomic E-state index is 4.83. The minimum Gasteiger partial charge on any atom is -0.335 e. The molecule has 0 aliphatic heterocycles. The quantitative estimate of drug-likeness (QED) is 0.477. The molecule has 0 saturated carbocycles. The van der Waals surface area contributed by atoms with Crippen molar-refractivity contribution >= 4 is 22.1 Å². The van der Waals surface area contributed by atoms with Crippen LogP contribution in [0.2, 0.25) is 0 Å². The second-order valence-corrected chi connectivity index (χ2v) is 6.98. The van der Waals surface area contributed by atoms with Gasteiger partial charge in [-0.25, -0.2) is 9.97 Å². The van der Waals surface area contributed by atoms with Gasteiger partial charge in [0.2, 0.25) is 0 Å². The van der Waals surface area contributed by atoms with Crippen LogP contribution in [0.5, 0.6) is 0 Å². The minimum absolute atomic E-state index is 0.630. The Morgan fingerprint density at radius 2 is 1.83 bits per heavy atom. The lowest BCUT2D eigenvalue weighted by molar-refractivity contribution is 0.768. The van der Waals surface area contributed by atoms with E-state index in [2.05, 4.69) is 30.2 Å². The Morgan fingerprint density at radius 3 is 2.67 bits per heavy atom. The summed E-state index contributed by atoms with van der Waals surface area (Å²) in [6, 6.07) is 7.80. The number of aromatic amines is 2. The van der Waals surface area contributed by atoms with Crippen LogP contribution in [0, 0.1) is 0 Å². The van der Waals surface area contributed by atoms with Gasteiger partial charge in [0.05, 0.1) is 29.1 Å². The molecule has 0 bridgehead atoms. The van der Waals surface area contributed by atoms with Gasteiger partial charge in [0.25, 0.3) is 0 Å². The molecule has 0 spiro atoms. The highest BCUT2D eigenvalue weighted by Gasteiger charge is 2.17. The van der Waals surface area contributed by atoms with E-state index in [4.69, 9.17) is 9.97 Å². The molecule has 0 aliphatic carbocycles. The first-order valence-electron chi connectivity index (χ1n) is 9.35. The van der Waals surface area contributed by atoms with Gasteiger partial charge in [-0.3, -0.25) is 19.7 Å². The summed E-state index contributed by atoms with van der Waals surface area (Å²) in [5.74, 6) is 0.630. The zero-order valence-corrected chi connectivity index (χ0v) is 15.9. The van der Waals surface area contributed by atoms with Crippen molar-refractivity contribution in [1.29, 1.82) is 0 Å². The Morgan fingerprint density at radius 1 is 0.867 bits per heavy atom. The summed E-state index contributed by atoms with van der Waals surface area (Å²) in [5.41, 5.74) is 7.51. The third kappa shape index (κ3) is 2.56. The number of nitrogens with one attached hydrogen (secondary N) is 2. The zero-order valence-electron chi connectivity index (χ0n) is 15.9. The van der Waals surface area contributed by atoms with E-state index in [0.717, 1.165) is 44.5 Å². The van der Waals surface area contributed by atoms with Crippen LogP contribution in [0.1, 0.15) is 0 Å². The molecule has 0 atom stereocenters. The van der Waals surface area contributed by atoms with Gasteiger partial charge in [-0.15, -0.1) is 0 Å². The minimum atomic E-state index is 0.630. The number of rotatable bonds is 3. The van der Waals surface area contributed by atoms with Crippen molar-refractivity contribution in [3.8, 4) is 33.9 Å². The van der Waals surface area contributed by atoms with Crippen molar-refractivity contribution in [3.05, 3.63) is 61.4 Å². The second-order valence-electron chi connectivity index (χ2n) is 6.98. The highest BCUT2D eigenvalue weighted by Crippen LogP contribution is 2.30. The van der Waals surface area contributed by atoms with E-state index in [0.29, 0.717) is 11.5 Å². The number of H-pyrrole nitrogens is 2. The predicted molar refractivity (Wildman–Crippen MR) is 112 cm³/mol. The van der Waals surface area contributed by atoms with E-state index in [1.165, 1.54) is 0 Å². The van der Waals surface area contributed by atoms with Crippen LogP contribution in [-0.2, 0) is 7.05 Å². The predicted octanol–water partition coefficient (Wildman–Crippen LogP) is 3.36. The van der Waals surface area contributed by atoms with E-state index in [9.17, 15) is 0 Å². The van der Waals surface area contributed by atoms with E-state index in [1.54, 1.807) is 35.7 Å². The van der Waals surface area contributed by atoms with Crippen molar-refractivity contribution in [3.63, 3.8) is 0 Å². The number of aromatic nitrogens is 9. The van der Waals surface area contributed by atoms with E-state index >= 15 is 0 Å². The average molecular weight is 393 g/mol. The van der Waals surface area contributed by atoms with Crippen molar-refractivity contribution in [2.45, 2.75) is 0 Å². The van der Waals surface area contributed by atoms with Crippen molar-refractivity contribution in [2.24, 2.45) is 7.05 Å². The zero-order chi connectivity index (χ0) is 20.1. The number of pyridine rings is 3. The summed E-state index contributed by atoms with van der Waals surface area (Å²) in [6.07, 6.45) is 10.8. The molecule has 9 heteroatoms. The molecule has 30 heavy (non-hydrogen) atoms. The molecule has 6 aromatic heterocycles. The summed E-state index contributed by atoms with van der Waals surface area (Å²) < 4.78 is 1.75. The van der Waals surface area contributed by atoms with Crippen LogP contribution >= 0.6 is 0 Å². The molecule has 0 saturated heterocycles. The first-order chi connectivity index (χ1) is 14.8. The van der Waals surface area contributed by atoms with Gasteiger partial charge in [0.1, 0.15) is 11.0 Å². The lowest BCUT2D eigenvalue weighted by atomic mass is 10.1. The number of aryl methyl sites for hydroxylation is 1. The molecule has 0 fully saturated rings. The number of nitrogens with zero attached hydrogens (tertiary/aromatic N) is 7. The first kappa shape index (κ1) is 16.5. The summed E-state index contributed by atoms with van der Waals surface area (Å²) in [7, 11) is 1.88. The second kappa shape index (κ2) is 6.31. The van der Waals surface area contributed by atoms with Gasteiger partial charge < -0.3 is 4.98 Å². The van der Waals surface area contributed by atoms with E-state index in [1.807, 2.05) is 37.5 Å². The lowest BCUT2D eigenvalue weighted by Gasteiger charge is -2.00. The van der Waals surface area contributed by atoms with Gasteiger partial charge >= 0.3 is 0 Å². The fraction of sp³-hybridized carbons (Fsp3) is 0.0476. The van der Waals surface area contributed by atoms with Gasteiger partial charge in [0.15, 0.2) is 11.5 Å². The van der Waals surface area contributed by atoms with Crippen LogP contribution in [0.15, 0.2) is 61.4 Å². The number of hydrogen-bond donors (Lipinski definition) is 2. The average Bonchev–Trinajstić information content (AvgIpc) is 3.50. The number of imidazole rings is 1. The standard InChI is InChI=1S/C21H15N9/c1-30-11-13(8-24-30)15-4-5-16-19(25-15)20(29-28-16)21-26-17-10-23-9-14(18(17)27-21)12-3-2-6-22-7-12/h2-11H,1H3,(H,26,27)(H,28,29). The SMILES string of the molecule is Cn1cc(-c2ccc3[nH]nc(-c4nc5c(-c6cccnc6)cncc5[nH]4)c3n2)cn1. The van der Waals surface area contributed by atoms with Gasteiger partial charge in [-0.2, -0.15) is 10.2 Å². The van der Waals surface area contributed by atoms with E-state index < -0.39 is 0 Å². The summed E-state index contributed by atoms with van der Waals surface area (Å²) in [5, 5.41) is 11.7. The molecule has 144 valence electrons. The molecule has 0 unspecified atom stereocenters. The Balaban J connectivity index is 1.52. The molecule has 6 rings (SSSR count). The monoisotopic (exact) mass is 393 g/mol. The van der Waals surface area contributed by atoms with Crippen LogP contribution in [0.4, 0.5) is 0 Å². The summed E-state index contributed by atoms with van der Waals surface area (Å²) >= 11 is 0. The third-order valence-corrected chi connectivity index (χ3v) is 5.00. The molecule has 9 nitrogen and oxygen atoms in total. The highest BCUT2D eigenvalue weighted by atomic mass is 15.2. The smallest absolute Gasteiger partial charge is 0.161 e. The lowest BCUT2D eigenvalue weighted by Crippen LogP contribution is -1.87. The van der Waals surface area contributed by atoms with Gasteiger partial charge in [-0.1, -0.05) is 6.07 Å². The summed E-state index contributed by atoms with van der Waals surface area (Å²) in [6.45, 7) is 0. The highest BCUT2D eigenvalue weighted by molar-refractivity contribution is 5.95. The summed E-state index contributed by atoms with van der Waals surface area (Å²) in [4.78, 5) is 21.5. The maximum atomic E-state index is 4.83. The topological polar surface area (TPSA) is 114 Å². The molecule has 0 amide bonds. The Bertz CT molecular complexity index is 1510. The van der Waals surface area contributed by atoms with Crippen molar-refractivity contribution in [2.75, 3.05) is 0 Å². The number of hydrogen-bond acceptors (Lipinski definition) is 6. The van der Waals surface area contributed by atoms with Gasteiger partial charge in [-0.05, 0) is 18.2 Å². The number of fused-ring (bicyclic) bond motifs is 2. The maximum Gasteiger partial charge on any atom is 0.161 e. The molecule has 2 N–H and O–H groups in total. The molecule has 0 radical (unpaired) electrons. The molecular weight excluding hydrogens is 378 g/mol. The van der Waals surface area contributed by atoms with Crippen LogP contribution in [0.3, 0.4) is 0 Å². The van der Waals surface area contributed by atoms with Crippen molar-refractivity contribution in [1.82, 2.24) is 44.9 Å². The largest absolute Gasteiger partial charge is 0.335 e. The fourth-order valence-corrected chi connectivity index (χ4v) is 3.56. The fourth-order valence-electron chi connectivity index (χ4n) is 3.56. The van der Waals surface area contributed by atoms with Crippen LogP contribution < -0.4 is 0 Å². The van der Waals surface area contributed by atoms with Crippen LogP contribution in [-0.4, -0.2) is 44.9 Å². The van der Waals surface area contributed by atoms with Crippen molar-refractivity contribution < 1.29 is 0 Å². The molecule has 0 aliphatic rings. The Hall–Kier alpha value is -4.40.